The van der Waals surface area contributed by atoms with Gasteiger partial charge in [0.15, 0.2) is 11.5 Å². The van der Waals surface area contributed by atoms with Crippen LogP contribution in [0.2, 0.25) is 5.02 Å². The molecule has 0 atom stereocenters. The number of fused-ring (bicyclic) bond motifs is 1. The van der Waals surface area contributed by atoms with E-state index in [1.54, 1.807) is 0 Å². The Kier molecular flexibility index (Phi) is 5.75. The molecule has 0 amide bonds. The fourth-order valence-corrected chi connectivity index (χ4v) is 4.39. The van der Waals surface area contributed by atoms with E-state index < -0.39 is 0 Å². The van der Waals surface area contributed by atoms with Crippen LogP contribution in [0.25, 0.3) is 22.3 Å². The molecule has 31 heavy (non-hydrogen) atoms. The highest BCUT2D eigenvalue weighted by atomic mass is 35.5. The Morgan fingerprint density at radius 3 is 2.32 bits per heavy atom. The molecule has 3 aromatic rings. The van der Waals surface area contributed by atoms with E-state index in [1.807, 2.05) is 54.6 Å². The van der Waals surface area contributed by atoms with E-state index in [0.29, 0.717) is 30.8 Å². The highest BCUT2D eigenvalue weighted by Crippen LogP contribution is 2.41. The van der Waals surface area contributed by atoms with Gasteiger partial charge in [0.05, 0.1) is 18.2 Å². The number of hydrogen-bond acceptors (Lipinski definition) is 4. The second-order valence-electron chi connectivity index (χ2n) is 8.11. The molecule has 1 aliphatic heterocycles. The summed E-state index contributed by atoms with van der Waals surface area (Å²) in [5.74, 6) is 2.85. The van der Waals surface area contributed by atoms with E-state index in [2.05, 4.69) is 0 Å². The van der Waals surface area contributed by atoms with Crippen molar-refractivity contribution in [1.29, 1.82) is 0 Å². The lowest BCUT2D eigenvalue weighted by Crippen LogP contribution is -2.19. The maximum absolute atomic E-state index is 9.73. The van der Waals surface area contributed by atoms with Gasteiger partial charge in [0.1, 0.15) is 19.0 Å². The fraction of sp³-hybridized carbons (Fsp3) is 0.308. The minimum Gasteiger partial charge on any atom is -0.493 e. The molecule has 4 nitrogen and oxygen atoms in total. The van der Waals surface area contributed by atoms with Crippen LogP contribution in [-0.4, -0.2) is 24.9 Å². The second kappa shape index (κ2) is 8.81. The average molecular weight is 437 g/mol. The molecular weight excluding hydrogens is 412 g/mol. The molecule has 5 rings (SSSR count). The highest BCUT2D eigenvalue weighted by molar-refractivity contribution is 6.36. The first-order valence-electron chi connectivity index (χ1n) is 10.8. The first kappa shape index (κ1) is 20.2. The van der Waals surface area contributed by atoms with Crippen molar-refractivity contribution in [3.63, 3.8) is 0 Å². The first-order chi connectivity index (χ1) is 15.2. The van der Waals surface area contributed by atoms with Crippen LogP contribution in [0, 0.1) is 5.92 Å². The predicted molar refractivity (Wildman–Crippen MR) is 122 cm³/mol. The molecule has 0 unspecified atom stereocenters. The standard InChI is InChI=1S/C26H25ClO4/c27-26-21(18-7-8-20(15-28)24(13-18)31-16-17-3-1-4-17)5-2-6-22(26)19-9-10-23-25(14-19)30-12-11-29-23/h2,5-10,13-14,17,28H,1,3-4,11-12,15-16H2. The van der Waals surface area contributed by atoms with Crippen molar-refractivity contribution in [3.05, 3.63) is 65.2 Å². The molecule has 160 valence electrons. The fourth-order valence-electron chi connectivity index (χ4n) is 4.04. The lowest BCUT2D eigenvalue weighted by molar-refractivity contribution is 0.171. The van der Waals surface area contributed by atoms with Crippen LogP contribution in [-0.2, 0) is 6.61 Å². The second-order valence-corrected chi connectivity index (χ2v) is 8.49. The van der Waals surface area contributed by atoms with Gasteiger partial charge in [-0.2, -0.15) is 0 Å². The van der Waals surface area contributed by atoms with Crippen molar-refractivity contribution in [2.45, 2.75) is 25.9 Å². The highest BCUT2D eigenvalue weighted by Gasteiger charge is 2.19. The monoisotopic (exact) mass is 436 g/mol. The maximum atomic E-state index is 9.73. The van der Waals surface area contributed by atoms with Crippen LogP contribution >= 0.6 is 11.6 Å². The lowest BCUT2D eigenvalue weighted by atomic mass is 9.86. The van der Waals surface area contributed by atoms with Gasteiger partial charge in [0.25, 0.3) is 0 Å². The maximum Gasteiger partial charge on any atom is 0.161 e. The molecule has 0 spiro atoms. The molecule has 0 radical (unpaired) electrons. The summed E-state index contributed by atoms with van der Waals surface area (Å²) < 4.78 is 17.4. The number of halogens is 1. The van der Waals surface area contributed by atoms with E-state index in [4.69, 9.17) is 25.8 Å². The molecule has 0 saturated heterocycles. The summed E-state index contributed by atoms with van der Waals surface area (Å²) in [7, 11) is 0. The minimum atomic E-state index is -0.0503. The van der Waals surface area contributed by atoms with E-state index in [0.717, 1.165) is 45.1 Å². The smallest absolute Gasteiger partial charge is 0.161 e. The molecule has 1 heterocycles. The summed E-state index contributed by atoms with van der Waals surface area (Å²) in [6, 6.07) is 17.8. The third-order valence-electron chi connectivity index (χ3n) is 6.10. The molecule has 5 heteroatoms. The van der Waals surface area contributed by atoms with Gasteiger partial charge in [-0.05, 0) is 48.1 Å². The van der Waals surface area contributed by atoms with Crippen molar-refractivity contribution in [2.75, 3.05) is 19.8 Å². The Balaban J connectivity index is 1.48. The topological polar surface area (TPSA) is 47.9 Å². The van der Waals surface area contributed by atoms with Gasteiger partial charge in [-0.3, -0.25) is 0 Å². The van der Waals surface area contributed by atoms with Crippen LogP contribution in [0.4, 0.5) is 0 Å². The largest absolute Gasteiger partial charge is 0.493 e. The van der Waals surface area contributed by atoms with Crippen LogP contribution < -0.4 is 14.2 Å². The molecule has 1 saturated carbocycles. The Morgan fingerprint density at radius 1 is 0.903 bits per heavy atom. The van der Waals surface area contributed by atoms with Crippen molar-refractivity contribution in [2.24, 2.45) is 5.92 Å². The summed E-state index contributed by atoms with van der Waals surface area (Å²) in [4.78, 5) is 0. The quantitative estimate of drug-likeness (QED) is 0.506. The Hall–Kier alpha value is -2.69. The summed E-state index contributed by atoms with van der Waals surface area (Å²) in [6.45, 7) is 1.76. The van der Waals surface area contributed by atoms with Crippen molar-refractivity contribution in [1.82, 2.24) is 0 Å². The van der Waals surface area contributed by atoms with Crippen molar-refractivity contribution in [3.8, 4) is 39.5 Å². The molecule has 2 aliphatic rings. The van der Waals surface area contributed by atoms with Crippen LogP contribution in [0.3, 0.4) is 0 Å². The normalized spacial score (nSPS) is 15.4. The minimum absolute atomic E-state index is 0.0503. The molecule has 0 bridgehead atoms. The molecular formula is C26H25ClO4. The first-order valence-corrected chi connectivity index (χ1v) is 11.2. The van der Waals surface area contributed by atoms with Crippen LogP contribution in [0.5, 0.6) is 17.2 Å². The predicted octanol–water partition coefficient (Wildman–Crippen LogP) is 6.12. The molecule has 1 aliphatic carbocycles. The Bertz CT molecular complexity index is 1090. The van der Waals surface area contributed by atoms with Crippen molar-refractivity contribution >= 4 is 11.6 Å². The molecule has 3 aromatic carbocycles. The van der Waals surface area contributed by atoms with Crippen LogP contribution in [0.1, 0.15) is 24.8 Å². The molecule has 0 aromatic heterocycles. The number of aliphatic hydroxyl groups excluding tert-OH is 1. The molecule has 1 N–H and O–H groups in total. The third kappa shape index (κ3) is 4.10. The number of rotatable bonds is 6. The van der Waals surface area contributed by atoms with Gasteiger partial charge in [0, 0.05) is 16.7 Å². The molecule has 1 fully saturated rings. The summed E-state index contributed by atoms with van der Waals surface area (Å²) in [5, 5.41) is 10.4. The van der Waals surface area contributed by atoms with E-state index in [1.165, 1.54) is 19.3 Å². The van der Waals surface area contributed by atoms with Gasteiger partial charge >= 0.3 is 0 Å². The SMILES string of the molecule is OCc1ccc(-c2cccc(-c3ccc4c(c3)OCCO4)c2Cl)cc1OCC1CCC1. The van der Waals surface area contributed by atoms with Gasteiger partial charge in [-0.15, -0.1) is 0 Å². The van der Waals surface area contributed by atoms with Gasteiger partial charge in [-0.25, -0.2) is 0 Å². The zero-order valence-electron chi connectivity index (χ0n) is 17.3. The van der Waals surface area contributed by atoms with Crippen LogP contribution in [0.15, 0.2) is 54.6 Å². The zero-order valence-corrected chi connectivity index (χ0v) is 18.0. The van der Waals surface area contributed by atoms with E-state index in [-0.39, 0.29) is 6.61 Å². The van der Waals surface area contributed by atoms with Gasteiger partial charge in [-0.1, -0.05) is 54.4 Å². The number of benzene rings is 3. The number of aliphatic hydroxyl groups is 1. The number of ether oxygens (including phenoxy) is 3. The summed E-state index contributed by atoms with van der Waals surface area (Å²) >= 11 is 6.88. The summed E-state index contributed by atoms with van der Waals surface area (Å²) in [6.07, 6.45) is 3.72. The number of hydrogen-bond donors (Lipinski definition) is 1. The average Bonchev–Trinajstić information content (AvgIpc) is 2.78. The van der Waals surface area contributed by atoms with Crippen molar-refractivity contribution < 1.29 is 19.3 Å². The summed E-state index contributed by atoms with van der Waals surface area (Å²) in [5.41, 5.74) is 4.59. The van der Waals surface area contributed by atoms with Gasteiger partial charge in [0.2, 0.25) is 0 Å². The van der Waals surface area contributed by atoms with E-state index in [9.17, 15) is 5.11 Å². The van der Waals surface area contributed by atoms with Gasteiger partial charge < -0.3 is 19.3 Å². The zero-order chi connectivity index (χ0) is 21.2. The Morgan fingerprint density at radius 2 is 1.61 bits per heavy atom. The van der Waals surface area contributed by atoms with E-state index >= 15 is 0 Å². The lowest BCUT2D eigenvalue weighted by Gasteiger charge is -2.25. The Labute approximate surface area is 187 Å². The third-order valence-corrected chi connectivity index (χ3v) is 6.51.